The molecule has 1 atom stereocenters. The molecule has 0 saturated carbocycles. The fourth-order valence-electron chi connectivity index (χ4n) is 1.84. The third-order valence-electron chi connectivity index (χ3n) is 3.10. The molecule has 1 aliphatic rings. The van der Waals surface area contributed by atoms with E-state index in [1.54, 1.807) is 6.07 Å². The van der Waals surface area contributed by atoms with Crippen LogP contribution in [0.1, 0.15) is 32.3 Å². The fourth-order valence-corrected chi connectivity index (χ4v) is 2.18. The highest BCUT2D eigenvalue weighted by Crippen LogP contribution is 2.39. The van der Waals surface area contributed by atoms with Crippen LogP contribution < -0.4 is 9.47 Å². The minimum absolute atomic E-state index is 0.0114. The summed E-state index contributed by atoms with van der Waals surface area (Å²) in [5.74, 6) is 1.38. The first-order valence-corrected chi connectivity index (χ1v) is 6.50. The van der Waals surface area contributed by atoms with Crippen molar-refractivity contribution in [3.05, 3.63) is 22.7 Å². The lowest BCUT2D eigenvalue weighted by Gasteiger charge is -2.19. The summed E-state index contributed by atoms with van der Waals surface area (Å²) in [6.45, 7) is 7.38. The number of aliphatic hydroxyl groups excluding tert-OH is 1. The highest BCUT2D eigenvalue weighted by Gasteiger charge is 2.26. The van der Waals surface area contributed by atoms with Gasteiger partial charge in [-0.3, -0.25) is 0 Å². The first-order chi connectivity index (χ1) is 8.43. The lowest BCUT2D eigenvalue weighted by Crippen LogP contribution is -2.26. The minimum Gasteiger partial charge on any atom is -0.489 e. The zero-order valence-electron chi connectivity index (χ0n) is 11.0. The van der Waals surface area contributed by atoms with Crippen molar-refractivity contribution in [2.45, 2.75) is 26.7 Å². The average molecular weight is 271 g/mol. The van der Waals surface area contributed by atoms with E-state index in [0.29, 0.717) is 29.7 Å². The van der Waals surface area contributed by atoms with Gasteiger partial charge in [-0.05, 0) is 11.6 Å². The van der Waals surface area contributed by atoms with Crippen LogP contribution in [0, 0.1) is 5.41 Å². The molecule has 1 unspecified atom stereocenters. The first-order valence-electron chi connectivity index (χ1n) is 6.13. The molecule has 100 valence electrons. The first kappa shape index (κ1) is 13.5. The largest absolute Gasteiger partial charge is 0.489 e. The molecule has 18 heavy (non-hydrogen) atoms. The van der Waals surface area contributed by atoms with Crippen molar-refractivity contribution in [2.75, 3.05) is 19.8 Å². The molecule has 3 nitrogen and oxygen atoms in total. The second-order valence-electron chi connectivity index (χ2n) is 5.65. The normalized spacial score (nSPS) is 19.2. The van der Waals surface area contributed by atoms with Gasteiger partial charge >= 0.3 is 0 Å². The molecule has 0 aliphatic carbocycles. The van der Waals surface area contributed by atoms with Crippen LogP contribution in [0.2, 0.25) is 5.02 Å². The minimum atomic E-state index is -0.0196. The van der Waals surface area contributed by atoms with Gasteiger partial charge in [0.1, 0.15) is 0 Å². The van der Waals surface area contributed by atoms with Gasteiger partial charge in [0.25, 0.3) is 0 Å². The predicted molar refractivity (Wildman–Crippen MR) is 71.7 cm³/mol. The molecule has 1 heterocycles. The summed E-state index contributed by atoms with van der Waals surface area (Å²) >= 11 is 6.21. The van der Waals surface area contributed by atoms with Crippen molar-refractivity contribution < 1.29 is 14.6 Å². The molecule has 2 rings (SSSR count). The van der Waals surface area contributed by atoms with Gasteiger partial charge in [-0.15, -0.1) is 0 Å². The van der Waals surface area contributed by atoms with Gasteiger partial charge in [0.05, 0.1) is 13.2 Å². The molecule has 1 aromatic rings. The molecule has 0 fully saturated rings. The van der Waals surface area contributed by atoms with Gasteiger partial charge in [-0.25, -0.2) is 0 Å². The molecule has 0 saturated heterocycles. The predicted octanol–water partition coefficient (Wildman–Crippen LogP) is 3.23. The Kier molecular flexibility index (Phi) is 3.74. The summed E-state index contributed by atoms with van der Waals surface area (Å²) in [4.78, 5) is 0. The third kappa shape index (κ3) is 2.73. The second kappa shape index (κ2) is 4.98. The Morgan fingerprint density at radius 3 is 2.39 bits per heavy atom. The molecule has 0 amide bonds. The number of halogens is 1. The van der Waals surface area contributed by atoms with E-state index in [4.69, 9.17) is 21.1 Å². The fraction of sp³-hybridized carbons (Fsp3) is 0.571. The maximum atomic E-state index is 9.22. The van der Waals surface area contributed by atoms with Crippen LogP contribution in [0.25, 0.3) is 0 Å². The van der Waals surface area contributed by atoms with Gasteiger partial charge in [-0.1, -0.05) is 32.4 Å². The van der Waals surface area contributed by atoms with E-state index in [1.165, 1.54) is 0 Å². The Hall–Kier alpha value is -0.930. The van der Waals surface area contributed by atoms with Crippen LogP contribution >= 0.6 is 11.6 Å². The molecule has 0 radical (unpaired) electrons. The Labute approximate surface area is 113 Å². The van der Waals surface area contributed by atoms with Crippen molar-refractivity contribution >= 4 is 11.6 Å². The van der Waals surface area contributed by atoms with E-state index in [1.807, 2.05) is 13.0 Å². The number of hydrogen-bond acceptors (Lipinski definition) is 3. The molecule has 1 aromatic carbocycles. The van der Waals surface area contributed by atoms with Crippen molar-refractivity contribution in [3.8, 4) is 11.5 Å². The summed E-state index contributed by atoms with van der Waals surface area (Å²) in [6.07, 6.45) is 0. The SMILES string of the molecule is CC(CO)c1cc2c(cc1Cl)OCC(C)(C)CO2. The smallest absolute Gasteiger partial charge is 0.162 e. The van der Waals surface area contributed by atoms with E-state index in [0.717, 1.165) is 5.56 Å². The molecule has 1 aliphatic heterocycles. The van der Waals surface area contributed by atoms with E-state index in [2.05, 4.69) is 13.8 Å². The van der Waals surface area contributed by atoms with Crippen molar-refractivity contribution in [1.29, 1.82) is 0 Å². The Bertz CT molecular complexity index is 443. The number of benzene rings is 1. The van der Waals surface area contributed by atoms with Crippen molar-refractivity contribution in [1.82, 2.24) is 0 Å². The van der Waals surface area contributed by atoms with Crippen LogP contribution in [-0.4, -0.2) is 24.9 Å². The van der Waals surface area contributed by atoms with E-state index in [-0.39, 0.29) is 17.9 Å². The zero-order chi connectivity index (χ0) is 13.3. The zero-order valence-corrected chi connectivity index (χ0v) is 11.8. The van der Waals surface area contributed by atoms with Gasteiger partial charge in [0.15, 0.2) is 11.5 Å². The second-order valence-corrected chi connectivity index (χ2v) is 6.05. The highest BCUT2D eigenvalue weighted by atomic mass is 35.5. The van der Waals surface area contributed by atoms with Gasteiger partial charge < -0.3 is 14.6 Å². The number of aliphatic hydroxyl groups is 1. The van der Waals surface area contributed by atoms with Gasteiger partial charge in [0, 0.05) is 29.0 Å². The van der Waals surface area contributed by atoms with Gasteiger partial charge in [-0.2, -0.15) is 0 Å². The lowest BCUT2D eigenvalue weighted by molar-refractivity contribution is 0.140. The van der Waals surface area contributed by atoms with Gasteiger partial charge in [0.2, 0.25) is 0 Å². The Morgan fingerprint density at radius 1 is 1.28 bits per heavy atom. The van der Waals surface area contributed by atoms with Crippen molar-refractivity contribution in [2.24, 2.45) is 5.41 Å². The Morgan fingerprint density at radius 2 is 1.83 bits per heavy atom. The van der Waals surface area contributed by atoms with E-state index in [9.17, 15) is 5.11 Å². The third-order valence-corrected chi connectivity index (χ3v) is 3.43. The summed E-state index contributed by atoms with van der Waals surface area (Å²) in [5, 5.41) is 9.83. The molecular weight excluding hydrogens is 252 g/mol. The monoisotopic (exact) mass is 270 g/mol. The Balaban J connectivity index is 2.35. The topological polar surface area (TPSA) is 38.7 Å². The van der Waals surface area contributed by atoms with Crippen LogP contribution in [-0.2, 0) is 0 Å². The average Bonchev–Trinajstić information content (AvgIpc) is 2.47. The van der Waals surface area contributed by atoms with Crippen LogP contribution in [0.3, 0.4) is 0 Å². The summed E-state index contributed by atoms with van der Waals surface area (Å²) in [7, 11) is 0. The molecule has 1 N–H and O–H groups in total. The molecule has 0 spiro atoms. The maximum absolute atomic E-state index is 9.22. The molecule has 0 bridgehead atoms. The standard InChI is InChI=1S/C14H19ClO3/c1-9(6-16)10-4-12-13(5-11(10)15)18-8-14(2,3)7-17-12/h4-5,9,16H,6-8H2,1-3H3. The number of rotatable bonds is 2. The van der Waals surface area contributed by atoms with Crippen LogP contribution in [0.5, 0.6) is 11.5 Å². The number of hydrogen-bond donors (Lipinski definition) is 1. The quantitative estimate of drug-likeness (QED) is 0.897. The van der Waals surface area contributed by atoms with Crippen LogP contribution in [0.15, 0.2) is 12.1 Å². The maximum Gasteiger partial charge on any atom is 0.162 e. The molecule has 4 heteroatoms. The summed E-state index contributed by atoms with van der Waals surface area (Å²) in [5.41, 5.74) is 0.870. The summed E-state index contributed by atoms with van der Waals surface area (Å²) < 4.78 is 11.5. The number of ether oxygens (including phenoxy) is 2. The molecule has 0 aromatic heterocycles. The summed E-state index contributed by atoms with van der Waals surface area (Å²) in [6, 6.07) is 3.65. The van der Waals surface area contributed by atoms with Crippen LogP contribution in [0.4, 0.5) is 0 Å². The highest BCUT2D eigenvalue weighted by molar-refractivity contribution is 6.31. The number of fused-ring (bicyclic) bond motifs is 1. The van der Waals surface area contributed by atoms with Crippen molar-refractivity contribution in [3.63, 3.8) is 0 Å². The lowest BCUT2D eigenvalue weighted by atomic mass is 9.97. The molecular formula is C14H19ClO3. The van der Waals surface area contributed by atoms with E-state index >= 15 is 0 Å². The van der Waals surface area contributed by atoms with E-state index < -0.39 is 0 Å².